The maximum Gasteiger partial charge on any atom is 0.472 e. The zero-order valence-electron chi connectivity index (χ0n) is 35.7. The number of esters is 2. The lowest BCUT2D eigenvalue weighted by molar-refractivity contribution is -0.161. The number of carbonyl (C=O) groups excluding carboxylic acids is 2. The van der Waals surface area contributed by atoms with Gasteiger partial charge in [-0.2, -0.15) is 0 Å². The first-order chi connectivity index (χ1) is 28.1. The molecule has 12 heteroatoms. The number of aliphatic carboxylic acids is 1. The van der Waals surface area contributed by atoms with Crippen molar-refractivity contribution < 1.29 is 47.5 Å². The zero-order chi connectivity index (χ0) is 42.8. The molecule has 0 rings (SSSR count). The summed E-state index contributed by atoms with van der Waals surface area (Å²) < 4.78 is 32.6. The third-order valence-corrected chi connectivity index (χ3v) is 10.0. The van der Waals surface area contributed by atoms with Crippen LogP contribution in [0.25, 0.3) is 0 Å². The fourth-order valence-electron chi connectivity index (χ4n) is 5.62. The van der Waals surface area contributed by atoms with Gasteiger partial charge in [-0.25, -0.2) is 4.57 Å². The Morgan fingerprint density at radius 3 is 1.53 bits per heavy atom. The van der Waals surface area contributed by atoms with Gasteiger partial charge >= 0.3 is 25.7 Å². The topological polar surface area (TPSA) is 172 Å². The number of hydrogen-bond donors (Lipinski definition) is 3. The minimum atomic E-state index is -4.74. The maximum absolute atomic E-state index is 12.6. The SMILES string of the molecule is C=CCCCCCCCCCCCCCCCC(=O)O[C@H](COC(=O)CC/C=C/C/C=C/C/C=C/C/C=C/C/C=C/CCCCC)COP(=O)(O)OC[C@H](N)C(=O)O. The first-order valence-electron chi connectivity index (χ1n) is 21.9. The molecular weight excluding hydrogens is 757 g/mol. The Morgan fingerprint density at radius 2 is 1.03 bits per heavy atom. The van der Waals surface area contributed by atoms with Gasteiger partial charge in [0.05, 0.1) is 13.2 Å². The average Bonchev–Trinajstić information content (AvgIpc) is 3.20. The molecule has 0 saturated carbocycles. The van der Waals surface area contributed by atoms with Crippen LogP contribution in [0.4, 0.5) is 0 Å². The van der Waals surface area contributed by atoms with Crippen molar-refractivity contribution in [3.05, 3.63) is 73.4 Å². The summed E-state index contributed by atoms with van der Waals surface area (Å²) in [5, 5.41) is 8.89. The minimum absolute atomic E-state index is 0.0950. The summed E-state index contributed by atoms with van der Waals surface area (Å²) in [7, 11) is -4.74. The monoisotopic (exact) mass is 836 g/mol. The highest BCUT2D eigenvalue weighted by atomic mass is 31.2. The van der Waals surface area contributed by atoms with Gasteiger partial charge in [0.2, 0.25) is 0 Å². The van der Waals surface area contributed by atoms with Crippen molar-refractivity contribution >= 4 is 25.7 Å². The molecule has 0 radical (unpaired) electrons. The lowest BCUT2D eigenvalue weighted by atomic mass is 10.0. The van der Waals surface area contributed by atoms with E-state index in [4.69, 9.17) is 24.8 Å². The number of carbonyl (C=O) groups is 3. The van der Waals surface area contributed by atoms with Crippen LogP contribution in [0, 0.1) is 0 Å². The maximum atomic E-state index is 12.6. The van der Waals surface area contributed by atoms with Crippen LogP contribution in [-0.4, -0.2) is 59.9 Å². The lowest BCUT2D eigenvalue weighted by Crippen LogP contribution is -2.34. The molecule has 0 bridgehead atoms. The van der Waals surface area contributed by atoms with Crippen LogP contribution in [-0.2, 0) is 37.5 Å². The predicted octanol–water partition coefficient (Wildman–Crippen LogP) is 11.7. The Hall–Kier alpha value is -3.08. The van der Waals surface area contributed by atoms with Crippen molar-refractivity contribution in [2.75, 3.05) is 19.8 Å². The summed E-state index contributed by atoms with van der Waals surface area (Å²) in [6, 6.07) is -1.53. The van der Waals surface area contributed by atoms with Crippen molar-refractivity contribution in [2.45, 2.75) is 180 Å². The molecule has 0 aliphatic heterocycles. The van der Waals surface area contributed by atoms with Crippen molar-refractivity contribution in [3.8, 4) is 0 Å². The molecule has 0 aromatic heterocycles. The molecule has 0 aliphatic carbocycles. The van der Waals surface area contributed by atoms with E-state index in [1.165, 1.54) is 83.5 Å². The van der Waals surface area contributed by atoms with Gasteiger partial charge in [-0.15, -0.1) is 6.58 Å². The molecule has 11 nitrogen and oxygen atoms in total. The number of carboxylic acid groups (broad SMARTS) is 1. The van der Waals surface area contributed by atoms with E-state index in [1.807, 2.05) is 18.2 Å². The lowest BCUT2D eigenvalue weighted by Gasteiger charge is -2.20. The van der Waals surface area contributed by atoms with Gasteiger partial charge in [-0.1, -0.05) is 157 Å². The molecule has 0 aliphatic rings. The number of rotatable bonds is 41. The number of nitrogens with two attached hydrogens (primary N) is 1. The van der Waals surface area contributed by atoms with Crippen LogP contribution in [0.2, 0.25) is 0 Å². The first kappa shape index (κ1) is 54.9. The van der Waals surface area contributed by atoms with E-state index in [-0.39, 0.29) is 19.4 Å². The minimum Gasteiger partial charge on any atom is -0.480 e. The number of ether oxygens (including phenoxy) is 2. The van der Waals surface area contributed by atoms with E-state index < -0.39 is 51.1 Å². The summed E-state index contributed by atoms with van der Waals surface area (Å²) in [6.07, 6.45) is 47.3. The van der Waals surface area contributed by atoms with Gasteiger partial charge in [0.1, 0.15) is 12.6 Å². The van der Waals surface area contributed by atoms with Gasteiger partial charge < -0.3 is 25.2 Å². The molecule has 0 aromatic rings. The smallest absolute Gasteiger partial charge is 0.472 e. The standard InChI is InChI=1S/C46H78NO10P/c1-3-5-7-9-11-13-15-17-19-20-21-22-24-25-27-29-31-33-35-37-44(48)54-39-42(40-55-58(52,53)56-41-43(47)46(50)51)57-45(49)38-36-34-32-30-28-26-23-18-16-14-12-10-8-6-4-2/h4,11,13,17,19,21-22,25,27,31,33,42-43H,2-3,5-10,12,14-16,18,20,23-24,26,28-30,32,34-41,47H2,1H3,(H,50,51)(H,52,53)/b13-11+,19-17+,22-21+,27-25+,33-31+/t42-,43+/m1/s1. The van der Waals surface area contributed by atoms with E-state index >= 15 is 0 Å². The van der Waals surface area contributed by atoms with Crippen molar-refractivity contribution in [2.24, 2.45) is 5.73 Å². The van der Waals surface area contributed by atoms with Crippen LogP contribution < -0.4 is 5.73 Å². The molecule has 0 saturated heterocycles. The Bertz CT molecular complexity index is 1240. The van der Waals surface area contributed by atoms with Gasteiger partial charge in [-0.3, -0.25) is 23.4 Å². The summed E-state index contributed by atoms with van der Waals surface area (Å²) in [5.41, 5.74) is 5.33. The molecule has 4 N–H and O–H groups in total. The third kappa shape index (κ3) is 39.7. The molecule has 332 valence electrons. The van der Waals surface area contributed by atoms with Crippen molar-refractivity contribution in [1.82, 2.24) is 0 Å². The second kappa shape index (κ2) is 40.7. The summed E-state index contributed by atoms with van der Waals surface area (Å²) >= 11 is 0. The van der Waals surface area contributed by atoms with Crippen molar-refractivity contribution in [1.29, 1.82) is 0 Å². The Kier molecular flexibility index (Phi) is 38.5. The molecule has 0 spiro atoms. The molecule has 3 atom stereocenters. The van der Waals surface area contributed by atoms with E-state index in [0.717, 1.165) is 51.4 Å². The van der Waals surface area contributed by atoms with E-state index in [0.29, 0.717) is 12.8 Å². The van der Waals surface area contributed by atoms with Crippen LogP contribution in [0.3, 0.4) is 0 Å². The van der Waals surface area contributed by atoms with Crippen LogP contribution >= 0.6 is 7.82 Å². The average molecular weight is 836 g/mol. The number of unbranched alkanes of at least 4 members (excludes halogenated alkanes) is 16. The largest absolute Gasteiger partial charge is 0.480 e. The summed E-state index contributed by atoms with van der Waals surface area (Å²) in [5.74, 6) is -2.49. The third-order valence-electron chi connectivity index (χ3n) is 9.09. The number of carboxylic acids is 1. The molecule has 0 amide bonds. The fraction of sp³-hybridized carbons (Fsp3) is 0.674. The molecule has 0 heterocycles. The first-order valence-corrected chi connectivity index (χ1v) is 23.4. The number of phosphoric acid groups is 1. The fourth-order valence-corrected chi connectivity index (χ4v) is 6.39. The highest BCUT2D eigenvalue weighted by Crippen LogP contribution is 2.43. The van der Waals surface area contributed by atoms with E-state index in [9.17, 15) is 23.8 Å². The molecule has 58 heavy (non-hydrogen) atoms. The highest BCUT2D eigenvalue weighted by Gasteiger charge is 2.28. The molecule has 0 aromatic carbocycles. The van der Waals surface area contributed by atoms with Gasteiger partial charge in [-0.05, 0) is 64.2 Å². The van der Waals surface area contributed by atoms with Gasteiger partial charge in [0.25, 0.3) is 0 Å². The highest BCUT2D eigenvalue weighted by molar-refractivity contribution is 7.47. The Morgan fingerprint density at radius 1 is 0.586 bits per heavy atom. The summed E-state index contributed by atoms with van der Waals surface area (Å²) in [4.78, 5) is 45.9. The number of hydrogen-bond acceptors (Lipinski definition) is 9. The Balaban J connectivity index is 4.47. The zero-order valence-corrected chi connectivity index (χ0v) is 36.6. The van der Waals surface area contributed by atoms with Gasteiger partial charge in [0, 0.05) is 12.8 Å². The van der Waals surface area contributed by atoms with Crippen LogP contribution in [0.5, 0.6) is 0 Å². The van der Waals surface area contributed by atoms with Crippen LogP contribution in [0.15, 0.2) is 73.4 Å². The quantitative estimate of drug-likeness (QED) is 0.0232. The molecular formula is C46H78NO10P. The van der Waals surface area contributed by atoms with Crippen molar-refractivity contribution in [3.63, 3.8) is 0 Å². The van der Waals surface area contributed by atoms with E-state index in [2.05, 4.69) is 66.6 Å². The van der Waals surface area contributed by atoms with Gasteiger partial charge in [0.15, 0.2) is 6.10 Å². The Labute approximate surface area is 350 Å². The second-order valence-electron chi connectivity index (χ2n) is 14.6. The molecule has 1 unspecified atom stereocenters. The second-order valence-corrected chi connectivity index (χ2v) is 16.0. The molecule has 0 fully saturated rings. The normalized spacial score (nSPS) is 14.2. The predicted molar refractivity (Wildman–Crippen MR) is 235 cm³/mol. The van der Waals surface area contributed by atoms with Crippen LogP contribution in [0.1, 0.15) is 167 Å². The summed E-state index contributed by atoms with van der Waals surface area (Å²) in [6.45, 7) is 4.21. The number of allylic oxidation sites excluding steroid dienone is 11. The number of phosphoric ester groups is 1. The van der Waals surface area contributed by atoms with E-state index in [1.54, 1.807) is 0 Å².